The van der Waals surface area contributed by atoms with Gasteiger partial charge in [-0.3, -0.25) is 19.5 Å². The molecule has 1 aromatic heterocycles. The van der Waals surface area contributed by atoms with Crippen LogP contribution < -0.4 is 15.2 Å². The molecular formula is C31H32N6O4. The Labute approximate surface area is 238 Å². The van der Waals surface area contributed by atoms with Crippen LogP contribution in [0.2, 0.25) is 0 Å². The molecule has 0 spiro atoms. The number of aromatic nitrogens is 1. The van der Waals surface area contributed by atoms with Gasteiger partial charge < -0.3 is 14.5 Å². The zero-order valence-corrected chi connectivity index (χ0v) is 23.1. The van der Waals surface area contributed by atoms with Crippen molar-refractivity contribution in [2.24, 2.45) is 10.2 Å². The van der Waals surface area contributed by atoms with Crippen LogP contribution in [0.4, 0.5) is 22.9 Å². The van der Waals surface area contributed by atoms with Gasteiger partial charge in [0, 0.05) is 49.9 Å². The van der Waals surface area contributed by atoms with E-state index >= 15 is 0 Å². The molecule has 210 valence electrons. The minimum Gasteiger partial charge on any atom is -0.494 e. The Morgan fingerprint density at radius 2 is 1.61 bits per heavy atom. The normalized spacial score (nSPS) is 14.0. The van der Waals surface area contributed by atoms with Crippen molar-refractivity contribution in [1.82, 2.24) is 9.47 Å². The van der Waals surface area contributed by atoms with Gasteiger partial charge in [0.15, 0.2) is 0 Å². The van der Waals surface area contributed by atoms with E-state index in [1.165, 1.54) is 12.1 Å². The summed E-state index contributed by atoms with van der Waals surface area (Å²) >= 11 is 0. The summed E-state index contributed by atoms with van der Waals surface area (Å²) in [5.41, 5.74) is 2.71. The molecule has 0 N–H and O–H groups in total. The van der Waals surface area contributed by atoms with Crippen molar-refractivity contribution in [2.75, 3.05) is 44.2 Å². The Kier molecular flexibility index (Phi) is 8.50. The number of benzene rings is 3. The van der Waals surface area contributed by atoms with Crippen molar-refractivity contribution in [3.63, 3.8) is 0 Å². The Morgan fingerprint density at radius 3 is 2.27 bits per heavy atom. The van der Waals surface area contributed by atoms with E-state index < -0.39 is 4.92 Å². The molecule has 1 saturated heterocycles. The highest BCUT2D eigenvalue weighted by Gasteiger charge is 2.26. The highest BCUT2D eigenvalue weighted by Crippen LogP contribution is 2.40. The second kappa shape index (κ2) is 12.6. The molecule has 41 heavy (non-hydrogen) atoms. The zero-order chi connectivity index (χ0) is 28.8. The average molecular weight is 553 g/mol. The second-order valence-corrected chi connectivity index (χ2v) is 9.60. The van der Waals surface area contributed by atoms with Crippen LogP contribution >= 0.6 is 0 Å². The number of ether oxygens (including phenoxy) is 1. The predicted octanol–water partition coefficient (Wildman–Crippen LogP) is 6.37. The Morgan fingerprint density at radius 1 is 0.878 bits per heavy atom. The van der Waals surface area contributed by atoms with Gasteiger partial charge in [-0.1, -0.05) is 43.3 Å². The third-order valence-corrected chi connectivity index (χ3v) is 7.08. The molecule has 0 amide bonds. The molecule has 10 heteroatoms. The van der Waals surface area contributed by atoms with Gasteiger partial charge in [-0.2, -0.15) is 5.11 Å². The number of azo groups is 1. The van der Waals surface area contributed by atoms with Crippen LogP contribution in [0, 0.1) is 10.1 Å². The van der Waals surface area contributed by atoms with E-state index in [4.69, 9.17) is 9.85 Å². The first-order valence-electron chi connectivity index (χ1n) is 13.7. The lowest BCUT2D eigenvalue weighted by Crippen LogP contribution is -2.47. The SMILES string of the molecule is CCOc1ccc(-c2cc(=O)n(-c3ccccc3)c(N3CCN(CC)CC3)c2N=Nc2cccc([N+](=O)[O-])c2)cc1. The van der Waals surface area contributed by atoms with E-state index in [0.29, 0.717) is 42.5 Å². The van der Waals surface area contributed by atoms with Gasteiger partial charge >= 0.3 is 0 Å². The maximum Gasteiger partial charge on any atom is 0.271 e. The summed E-state index contributed by atoms with van der Waals surface area (Å²) < 4.78 is 7.31. The molecule has 0 atom stereocenters. The van der Waals surface area contributed by atoms with Crippen LogP contribution in [-0.4, -0.2) is 53.7 Å². The Bertz CT molecular complexity index is 1590. The number of hydrogen-bond donors (Lipinski definition) is 0. The van der Waals surface area contributed by atoms with Crippen LogP contribution in [0.15, 0.2) is 100.0 Å². The summed E-state index contributed by atoms with van der Waals surface area (Å²) in [6.07, 6.45) is 0. The largest absolute Gasteiger partial charge is 0.494 e. The number of anilines is 1. The summed E-state index contributed by atoms with van der Waals surface area (Å²) in [6.45, 7) is 8.64. The van der Waals surface area contributed by atoms with Crippen LogP contribution in [0.5, 0.6) is 5.75 Å². The first-order valence-corrected chi connectivity index (χ1v) is 13.7. The molecule has 0 radical (unpaired) electrons. The minimum absolute atomic E-state index is 0.0710. The topological polar surface area (TPSA) is 106 Å². The minimum atomic E-state index is -0.460. The molecule has 3 aromatic carbocycles. The Balaban J connectivity index is 1.74. The van der Waals surface area contributed by atoms with Gasteiger partial charge in [0.25, 0.3) is 11.2 Å². The van der Waals surface area contributed by atoms with E-state index in [1.54, 1.807) is 22.8 Å². The van der Waals surface area contributed by atoms with Gasteiger partial charge in [-0.15, -0.1) is 5.11 Å². The first-order chi connectivity index (χ1) is 20.0. The number of nitro groups is 1. The smallest absolute Gasteiger partial charge is 0.271 e. The fraction of sp³-hybridized carbons (Fsp3) is 0.258. The van der Waals surface area contributed by atoms with Crippen molar-refractivity contribution < 1.29 is 9.66 Å². The summed E-state index contributed by atoms with van der Waals surface area (Å²) in [4.78, 5) is 29.3. The van der Waals surface area contributed by atoms with Crippen LogP contribution in [0.25, 0.3) is 16.8 Å². The van der Waals surface area contributed by atoms with E-state index in [2.05, 4.69) is 21.8 Å². The lowest BCUT2D eigenvalue weighted by molar-refractivity contribution is -0.384. The van der Waals surface area contributed by atoms with Crippen LogP contribution in [0.3, 0.4) is 0 Å². The molecule has 0 unspecified atom stereocenters. The van der Waals surface area contributed by atoms with Gasteiger partial charge in [-0.25, -0.2) is 0 Å². The number of nitro benzene ring substituents is 1. The molecule has 1 aliphatic rings. The molecule has 0 saturated carbocycles. The summed E-state index contributed by atoms with van der Waals surface area (Å²) in [5, 5.41) is 20.5. The number of para-hydroxylation sites is 1. The van der Waals surface area contributed by atoms with Crippen molar-refractivity contribution in [3.8, 4) is 22.6 Å². The zero-order valence-electron chi connectivity index (χ0n) is 23.1. The summed E-state index contributed by atoms with van der Waals surface area (Å²) in [5.74, 6) is 1.36. The number of nitrogens with zero attached hydrogens (tertiary/aromatic N) is 6. The number of likely N-dealkylation sites (N-methyl/N-ethyl adjacent to an activating group) is 1. The molecule has 4 aromatic rings. The van der Waals surface area contributed by atoms with Crippen molar-refractivity contribution in [3.05, 3.63) is 105 Å². The van der Waals surface area contributed by atoms with E-state index in [1.807, 2.05) is 61.5 Å². The van der Waals surface area contributed by atoms with Gasteiger partial charge in [0.1, 0.15) is 17.3 Å². The van der Waals surface area contributed by atoms with Crippen molar-refractivity contribution in [1.29, 1.82) is 0 Å². The van der Waals surface area contributed by atoms with Gasteiger partial charge in [-0.05, 0) is 49.4 Å². The van der Waals surface area contributed by atoms with Crippen LogP contribution in [0.1, 0.15) is 13.8 Å². The number of piperazine rings is 1. The fourth-order valence-corrected chi connectivity index (χ4v) is 4.97. The number of rotatable bonds is 9. The third-order valence-electron chi connectivity index (χ3n) is 7.08. The molecule has 5 rings (SSSR count). The molecule has 0 aliphatic carbocycles. The average Bonchev–Trinajstić information content (AvgIpc) is 3.01. The molecule has 0 bridgehead atoms. The standard InChI is InChI=1S/C31H32N6O4/c1-3-34-17-19-35(20-18-34)31-30(33-32-24-9-8-12-26(21-24)37(39)40)28(23-13-15-27(16-14-23)41-4-2)22-29(38)36(31)25-10-6-5-7-11-25/h5-16,21-22H,3-4,17-20H2,1-2H3. The van der Waals surface area contributed by atoms with E-state index in [-0.39, 0.29) is 11.2 Å². The first kappa shape index (κ1) is 27.7. The molecule has 2 heterocycles. The predicted molar refractivity (Wildman–Crippen MR) is 160 cm³/mol. The summed E-state index contributed by atoms with van der Waals surface area (Å²) in [6, 6.07) is 24.6. The van der Waals surface area contributed by atoms with E-state index in [0.717, 1.165) is 36.6 Å². The monoisotopic (exact) mass is 552 g/mol. The van der Waals surface area contributed by atoms with Crippen LogP contribution in [-0.2, 0) is 0 Å². The lowest BCUT2D eigenvalue weighted by Gasteiger charge is -2.37. The Hall–Kier alpha value is -4.83. The number of pyridine rings is 1. The highest BCUT2D eigenvalue weighted by atomic mass is 16.6. The maximum absolute atomic E-state index is 13.9. The highest BCUT2D eigenvalue weighted by molar-refractivity contribution is 5.84. The quantitative estimate of drug-likeness (QED) is 0.136. The van der Waals surface area contributed by atoms with Crippen molar-refractivity contribution in [2.45, 2.75) is 13.8 Å². The fourth-order valence-electron chi connectivity index (χ4n) is 4.97. The van der Waals surface area contributed by atoms with Gasteiger partial charge in [0.2, 0.25) is 0 Å². The number of hydrogen-bond acceptors (Lipinski definition) is 8. The lowest BCUT2D eigenvalue weighted by atomic mass is 10.0. The molecule has 1 fully saturated rings. The van der Waals surface area contributed by atoms with E-state index in [9.17, 15) is 14.9 Å². The third kappa shape index (κ3) is 6.17. The maximum atomic E-state index is 13.9. The molecule has 1 aliphatic heterocycles. The number of non-ortho nitro benzene ring substituents is 1. The molecular weight excluding hydrogens is 520 g/mol. The van der Waals surface area contributed by atoms with Crippen molar-refractivity contribution >= 4 is 22.9 Å². The van der Waals surface area contributed by atoms with Gasteiger partial charge in [0.05, 0.1) is 22.9 Å². The second-order valence-electron chi connectivity index (χ2n) is 9.60. The molecule has 10 nitrogen and oxygen atoms in total. The summed E-state index contributed by atoms with van der Waals surface area (Å²) in [7, 11) is 0.